The van der Waals surface area contributed by atoms with E-state index in [9.17, 15) is 19.5 Å². The molecule has 0 saturated carbocycles. The molecule has 2 rings (SSSR count). The van der Waals surface area contributed by atoms with Crippen LogP contribution in [0.5, 0.6) is 0 Å². The Morgan fingerprint density at radius 1 is 1.12 bits per heavy atom. The Bertz CT molecular complexity index is 507. The highest BCUT2D eigenvalue weighted by atomic mass is 16.5. The lowest BCUT2D eigenvalue weighted by atomic mass is 9.93. The van der Waals surface area contributed by atoms with Crippen LogP contribution in [0.4, 0.5) is 0 Å². The molecule has 0 bridgehead atoms. The molecule has 0 unspecified atom stereocenters. The Morgan fingerprint density at radius 2 is 1.81 bits per heavy atom. The number of amides is 3. The molecule has 2 aliphatic rings. The Hall–Kier alpha value is -1.67. The molecule has 2 aliphatic heterocycles. The second-order valence-corrected chi connectivity index (χ2v) is 7.25. The molecule has 2 heterocycles. The van der Waals surface area contributed by atoms with Crippen LogP contribution in [-0.4, -0.2) is 69.6 Å². The van der Waals surface area contributed by atoms with Crippen molar-refractivity contribution in [1.29, 1.82) is 0 Å². The fraction of sp³-hybridized carbons (Fsp3) is 0.833. The quantitative estimate of drug-likeness (QED) is 0.451. The largest absolute Gasteiger partial charge is 0.382 e. The van der Waals surface area contributed by atoms with Crippen molar-refractivity contribution in [3.05, 3.63) is 0 Å². The number of carbonyl (C=O) groups is 3. The molecule has 0 spiro atoms. The van der Waals surface area contributed by atoms with Crippen LogP contribution >= 0.6 is 0 Å². The minimum atomic E-state index is -1.62. The van der Waals surface area contributed by atoms with Gasteiger partial charge in [-0.25, -0.2) is 5.48 Å². The molecule has 3 N–H and O–H groups in total. The van der Waals surface area contributed by atoms with Crippen molar-refractivity contribution >= 4 is 17.7 Å². The van der Waals surface area contributed by atoms with E-state index in [1.54, 1.807) is 0 Å². The molecular formula is C18H31N3O5. The molecule has 2 fully saturated rings. The predicted molar refractivity (Wildman–Crippen MR) is 94.1 cm³/mol. The van der Waals surface area contributed by atoms with Crippen molar-refractivity contribution in [2.24, 2.45) is 5.92 Å². The summed E-state index contributed by atoms with van der Waals surface area (Å²) < 4.78 is 0. The van der Waals surface area contributed by atoms with E-state index >= 15 is 0 Å². The maximum absolute atomic E-state index is 13.0. The zero-order valence-corrected chi connectivity index (χ0v) is 15.5. The third kappa shape index (κ3) is 4.73. The number of carbonyl (C=O) groups excluding carboxylic acids is 3. The summed E-state index contributed by atoms with van der Waals surface area (Å²) >= 11 is 0. The van der Waals surface area contributed by atoms with Crippen LogP contribution in [-0.2, 0) is 14.4 Å². The monoisotopic (exact) mass is 369 g/mol. The first-order valence-corrected chi connectivity index (χ1v) is 9.72. The number of hydroxylamine groups is 1. The van der Waals surface area contributed by atoms with Crippen molar-refractivity contribution in [2.75, 3.05) is 19.6 Å². The number of hydrogen-bond donors (Lipinski definition) is 3. The summed E-state index contributed by atoms with van der Waals surface area (Å²) in [6.45, 7) is 3.87. The molecule has 3 atom stereocenters. The van der Waals surface area contributed by atoms with Crippen molar-refractivity contribution in [2.45, 2.75) is 70.4 Å². The van der Waals surface area contributed by atoms with Crippen LogP contribution in [0.25, 0.3) is 0 Å². The number of piperidine rings is 1. The number of aliphatic hydroxyl groups is 1. The number of hydrogen-bond acceptors (Lipinski definition) is 5. The van der Waals surface area contributed by atoms with E-state index in [-0.39, 0.29) is 11.8 Å². The molecule has 8 nitrogen and oxygen atoms in total. The van der Waals surface area contributed by atoms with Gasteiger partial charge < -0.3 is 14.9 Å². The van der Waals surface area contributed by atoms with Gasteiger partial charge in [0, 0.05) is 19.6 Å². The number of unbranched alkanes of at least 4 members (excludes halogenated alkanes) is 1. The predicted octanol–water partition coefficient (Wildman–Crippen LogP) is 0.663. The van der Waals surface area contributed by atoms with Gasteiger partial charge in [-0.2, -0.15) is 0 Å². The van der Waals surface area contributed by atoms with Gasteiger partial charge in [0.15, 0.2) is 0 Å². The van der Waals surface area contributed by atoms with Gasteiger partial charge in [0.1, 0.15) is 12.1 Å². The van der Waals surface area contributed by atoms with Gasteiger partial charge in [0.25, 0.3) is 5.91 Å². The average molecular weight is 369 g/mol. The highest BCUT2D eigenvalue weighted by Crippen LogP contribution is 2.26. The molecular weight excluding hydrogens is 338 g/mol. The zero-order valence-electron chi connectivity index (χ0n) is 15.5. The minimum absolute atomic E-state index is 0.0223. The van der Waals surface area contributed by atoms with Crippen LogP contribution in [0.3, 0.4) is 0 Å². The molecule has 0 radical (unpaired) electrons. The summed E-state index contributed by atoms with van der Waals surface area (Å²) in [4.78, 5) is 40.9. The molecule has 148 valence electrons. The van der Waals surface area contributed by atoms with Crippen LogP contribution < -0.4 is 5.48 Å². The highest BCUT2D eigenvalue weighted by Gasteiger charge is 2.42. The standard InChI is InChI=1S/C18H31N3O5/c1-2-3-8-13(15(22)16(23)19-26)17(24)21-12-7-9-14(21)18(25)20-10-5-4-6-11-20/h13-15,22,26H,2-12H2,1H3,(H,19,23)/t13-,14+,15+/m1/s1. The van der Waals surface area contributed by atoms with E-state index in [0.717, 1.165) is 45.2 Å². The van der Waals surface area contributed by atoms with Crippen LogP contribution in [0.2, 0.25) is 0 Å². The molecule has 2 saturated heterocycles. The van der Waals surface area contributed by atoms with Crippen molar-refractivity contribution in [3.8, 4) is 0 Å². The van der Waals surface area contributed by atoms with Crippen LogP contribution in [0.1, 0.15) is 58.3 Å². The van der Waals surface area contributed by atoms with Gasteiger partial charge in [-0.15, -0.1) is 0 Å². The van der Waals surface area contributed by atoms with E-state index in [4.69, 9.17) is 5.21 Å². The summed E-state index contributed by atoms with van der Waals surface area (Å²) in [6, 6.07) is -0.505. The molecule has 0 aromatic carbocycles. The summed E-state index contributed by atoms with van der Waals surface area (Å²) in [5.41, 5.74) is 1.42. The van der Waals surface area contributed by atoms with Crippen LogP contribution in [0, 0.1) is 5.92 Å². The lowest BCUT2D eigenvalue weighted by molar-refractivity contribution is -0.154. The topological polar surface area (TPSA) is 110 Å². The first kappa shape index (κ1) is 20.6. The van der Waals surface area contributed by atoms with Gasteiger partial charge >= 0.3 is 0 Å². The fourth-order valence-corrected chi connectivity index (χ4v) is 3.91. The highest BCUT2D eigenvalue weighted by molar-refractivity contribution is 5.92. The Labute approximate surface area is 154 Å². The van der Waals surface area contributed by atoms with E-state index < -0.39 is 24.0 Å². The number of likely N-dealkylation sites (tertiary alicyclic amines) is 2. The lowest BCUT2D eigenvalue weighted by Crippen LogP contribution is -2.53. The average Bonchev–Trinajstić information content (AvgIpc) is 3.17. The second kappa shape index (κ2) is 9.87. The van der Waals surface area contributed by atoms with Crippen molar-refractivity contribution in [1.82, 2.24) is 15.3 Å². The number of aliphatic hydroxyl groups excluding tert-OH is 1. The summed E-state index contributed by atoms with van der Waals surface area (Å²) in [5.74, 6) is -2.33. The molecule has 8 heteroatoms. The fourth-order valence-electron chi connectivity index (χ4n) is 3.91. The zero-order chi connectivity index (χ0) is 19.1. The first-order chi connectivity index (χ1) is 12.5. The van der Waals surface area contributed by atoms with E-state index in [1.807, 2.05) is 11.8 Å². The molecule has 26 heavy (non-hydrogen) atoms. The third-order valence-corrected chi connectivity index (χ3v) is 5.43. The Morgan fingerprint density at radius 3 is 2.42 bits per heavy atom. The van der Waals surface area contributed by atoms with Crippen molar-refractivity contribution < 1.29 is 24.7 Å². The summed E-state index contributed by atoms with van der Waals surface area (Å²) in [5, 5.41) is 19.0. The maximum atomic E-state index is 13.0. The van der Waals surface area contributed by atoms with Gasteiger partial charge in [0.05, 0.1) is 5.92 Å². The Kier molecular flexibility index (Phi) is 7.84. The maximum Gasteiger partial charge on any atom is 0.272 e. The van der Waals surface area contributed by atoms with E-state index in [1.165, 1.54) is 10.4 Å². The van der Waals surface area contributed by atoms with Gasteiger partial charge in [-0.05, 0) is 38.5 Å². The molecule has 0 aromatic rings. The lowest BCUT2D eigenvalue weighted by Gasteiger charge is -2.34. The third-order valence-electron chi connectivity index (χ3n) is 5.43. The number of rotatable bonds is 7. The molecule has 3 amide bonds. The van der Waals surface area contributed by atoms with Crippen molar-refractivity contribution in [3.63, 3.8) is 0 Å². The van der Waals surface area contributed by atoms with Gasteiger partial charge in [-0.1, -0.05) is 19.8 Å². The normalized spacial score (nSPS) is 22.8. The minimum Gasteiger partial charge on any atom is -0.382 e. The number of nitrogens with one attached hydrogen (secondary N) is 1. The van der Waals surface area contributed by atoms with Gasteiger partial charge in [-0.3, -0.25) is 19.6 Å². The van der Waals surface area contributed by atoms with Gasteiger partial charge in [0.2, 0.25) is 11.8 Å². The first-order valence-electron chi connectivity index (χ1n) is 9.72. The Balaban J connectivity index is 2.11. The summed E-state index contributed by atoms with van der Waals surface area (Å²) in [7, 11) is 0. The second-order valence-electron chi connectivity index (χ2n) is 7.25. The molecule has 0 aliphatic carbocycles. The van der Waals surface area contributed by atoms with E-state index in [2.05, 4.69) is 0 Å². The summed E-state index contributed by atoms with van der Waals surface area (Å²) in [6.07, 6.45) is 4.65. The smallest absolute Gasteiger partial charge is 0.272 e. The van der Waals surface area contributed by atoms with E-state index in [0.29, 0.717) is 25.8 Å². The SMILES string of the molecule is CCCC[C@@H](C(=O)N1CCC[C@H]1C(=O)N1CCCCC1)[C@H](O)C(=O)NO. The molecule has 0 aromatic heterocycles. The van der Waals surface area contributed by atoms with Crippen LogP contribution in [0.15, 0.2) is 0 Å². The number of nitrogens with zero attached hydrogens (tertiary/aromatic N) is 2.